The Kier molecular flexibility index (Phi) is 7.36. The number of fused-ring (bicyclic) bond motifs is 1. The Morgan fingerprint density at radius 2 is 1.73 bits per heavy atom. The quantitative estimate of drug-likeness (QED) is 0.572. The summed E-state index contributed by atoms with van der Waals surface area (Å²) in [6.45, 7) is 3.21. The fourth-order valence-corrected chi connectivity index (χ4v) is 4.97. The van der Waals surface area contributed by atoms with Crippen molar-refractivity contribution >= 4 is 23.3 Å². The first-order valence-electron chi connectivity index (χ1n) is 12.5. The molecule has 1 fully saturated rings. The van der Waals surface area contributed by atoms with Gasteiger partial charge in [0.15, 0.2) is 17.5 Å². The van der Waals surface area contributed by atoms with E-state index in [9.17, 15) is 22.8 Å². The van der Waals surface area contributed by atoms with Crippen LogP contribution < -0.4 is 10.6 Å². The second-order valence-corrected chi connectivity index (χ2v) is 9.65. The van der Waals surface area contributed by atoms with E-state index in [-0.39, 0.29) is 30.2 Å². The van der Waals surface area contributed by atoms with E-state index in [0.717, 1.165) is 49.7 Å². The van der Waals surface area contributed by atoms with Crippen LogP contribution in [-0.4, -0.2) is 54.7 Å². The van der Waals surface area contributed by atoms with Crippen LogP contribution in [0.4, 0.5) is 28.4 Å². The molecule has 4 amide bonds. The van der Waals surface area contributed by atoms with Crippen molar-refractivity contribution in [2.24, 2.45) is 5.92 Å². The molecule has 37 heavy (non-hydrogen) atoms. The molecule has 3 aliphatic rings. The minimum Gasteiger partial charge on any atom is -0.381 e. The second kappa shape index (κ2) is 10.8. The van der Waals surface area contributed by atoms with Crippen molar-refractivity contribution in [2.45, 2.75) is 32.4 Å². The topological polar surface area (TPSA) is 73.9 Å². The zero-order valence-corrected chi connectivity index (χ0v) is 20.4. The third-order valence-corrected chi connectivity index (χ3v) is 7.24. The molecule has 0 aromatic heterocycles. The van der Waals surface area contributed by atoms with Gasteiger partial charge in [-0.15, -0.1) is 0 Å². The summed E-state index contributed by atoms with van der Waals surface area (Å²) in [5.41, 5.74) is 2.94. The normalized spacial score (nSPS) is 17.9. The average molecular weight is 515 g/mol. The standard InChI is InChI=1S/C27H29F3N4O3/c28-23-13-20-15-34(16-22(20)24(29)25(23)30)27(36)32-21-3-1-18(2-4-21)19-5-9-33(10-6-19)26(35)31-14-17-7-11-37-12-8-17/h1-5,13,17H,6-12,14-16H2,(H,31,35)(H,32,36). The molecular weight excluding hydrogens is 485 g/mol. The fourth-order valence-electron chi connectivity index (χ4n) is 4.97. The van der Waals surface area contributed by atoms with Gasteiger partial charge in [0.1, 0.15) is 0 Å². The van der Waals surface area contributed by atoms with Crippen LogP contribution in [-0.2, 0) is 17.8 Å². The molecule has 10 heteroatoms. The van der Waals surface area contributed by atoms with Gasteiger partial charge in [0.25, 0.3) is 0 Å². The highest BCUT2D eigenvalue weighted by atomic mass is 19.2. The lowest BCUT2D eigenvalue weighted by atomic mass is 9.99. The maximum absolute atomic E-state index is 14.0. The van der Waals surface area contributed by atoms with E-state index in [1.54, 1.807) is 17.0 Å². The van der Waals surface area contributed by atoms with Crippen LogP contribution in [0.3, 0.4) is 0 Å². The van der Waals surface area contributed by atoms with Crippen LogP contribution in [0.1, 0.15) is 36.0 Å². The number of urea groups is 2. The first kappa shape index (κ1) is 25.1. The summed E-state index contributed by atoms with van der Waals surface area (Å²) in [7, 11) is 0. The maximum Gasteiger partial charge on any atom is 0.322 e. The zero-order valence-electron chi connectivity index (χ0n) is 20.4. The number of halogens is 3. The molecule has 5 rings (SSSR count). The molecular formula is C27H29F3N4O3. The van der Waals surface area contributed by atoms with E-state index in [2.05, 4.69) is 10.6 Å². The smallest absolute Gasteiger partial charge is 0.322 e. The van der Waals surface area contributed by atoms with Gasteiger partial charge in [-0.05, 0) is 60.1 Å². The Hall–Kier alpha value is -3.53. The Morgan fingerprint density at radius 1 is 0.973 bits per heavy atom. The number of amides is 4. The Labute approximate surface area is 213 Å². The minimum absolute atomic E-state index is 0.0000505. The van der Waals surface area contributed by atoms with Gasteiger partial charge >= 0.3 is 12.1 Å². The summed E-state index contributed by atoms with van der Waals surface area (Å²) in [6.07, 6.45) is 4.72. The lowest BCUT2D eigenvalue weighted by Gasteiger charge is -2.28. The van der Waals surface area contributed by atoms with Crippen molar-refractivity contribution in [1.82, 2.24) is 15.1 Å². The summed E-state index contributed by atoms with van der Waals surface area (Å²) in [5, 5.41) is 5.79. The number of rotatable bonds is 4. The third-order valence-electron chi connectivity index (χ3n) is 7.24. The molecule has 1 saturated heterocycles. The van der Waals surface area contributed by atoms with Crippen molar-refractivity contribution < 1.29 is 27.5 Å². The number of anilines is 1. The van der Waals surface area contributed by atoms with E-state index in [4.69, 9.17) is 4.74 Å². The van der Waals surface area contributed by atoms with E-state index < -0.39 is 23.5 Å². The highest BCUT2D eigenvalue weighted by Gasteiger charge is 2.29. The minimum atomic E-state index is -1.52. The second-order valence-electron chi connectivity index (χ2n) is 9.65. The van der Waals surface area contributed by atoms with E-state index in [0.29, 0.717) is 31.2 Å². The highest BCUT2D eigenvalue weighted by molar-refractivity contribution is 5.90. The van der Waals surface area contributed by atoms with Crippen LogP contribution in [0.2, 0.25) is 0 Å². The lowest BCUT2D eigenvalue weighted by Crippen LogP contribution is -2.44. The molecule has 7 nitrogen and oxygen atoms in total. The zero-order chi connectivity index (χ0) is 25.9. The third kappa shape index (κ3) is 5.58. The molecule has 2 aromatic carbocycles. The van der Waals surface area contributed by atoms with Gasteiger partial charge in [0.05, 0.1) is 6.54 Å². The van der Waals surface area contributed by atoms with Crippen molar-refractivity contribution in [3.05, 3.63) is 70.5 Å². The van der Waals surface area contributed by atoms with Crippen molar-refractivity contribution in [3.8, 4) is 0 Å². The number of benzene rings is 2. The molecule has 0 saturated carbocycles. The first-order chi connectivity index (χ1) is 17.9. The van der Waals surface area contributed by atoms with Gasteiger partial charge in [0.2, 0.25) is 0 Å². The Bertz CT molecular complexity index is 1210. The summed E-state index contributed by atoms with van der Waals surface area (Å²) < 4.78 is 46.4. The fraction of sp³-hybridized carbons (Fsp3) is 0.407. The molecule has 0 aliphatic carbocycles. The van der Waals surface area contributed by atoms with E-state index >= 15 is 0 Å². The summed E-state index contributed by atoms with van der Waals surface area (Å²) in [6, 6.07) is 7.73. The number of hydrogen-bond donors (Lipinski definition) is 2. The monoisotopic (exact) mass is 514 g/mol. The van der Waals surface area contributed by atoms with E-state index in [1.165, 1.54) is 4.90 Å². The SMILES string of the molecule is O=C(NCC1CCOCC1)N1CC=C(c2ccc(NC(=O)N3Cc4cc(F)c(F)c(F)c4C3)cc2)CC1. The van der Waals surface area contributed by atoms with Crippen molar-refractivity contribution in [3.63, 3.8) is 0 Å². The summed E-state index contributed by atoms with van der Waals surface area (Å²) >= 11 is 0. The van der Waals surface area contributed by atoms with Gasteiger partial charge < -0.3 is 25.2 Å². The molecule has 196 valence electrons. The predicted octanol–water partition coefficient (Wildman–Crippen LogP) is 4.88. The Balaban J connectivity index is 1.12. The molecule has 0 bridgehead atoms. The summed E-state index contributed by atoms with van der Waals surface area (Å²) in [5.74, 6) is -3.55. The van der Waals surface area contributed by atoms with Crippen LogP contribution >= 0.6 is 0 Å². The van der Waals surface area contributed by atoms with Crippen LogP contribution in [0.25, 0.3) is 5.57 Å². The van der Waals surface area contributed by atoms with Gasteiger partial charge in [-0.1, -0.05) is 18.2 Å². The van der Waals surface area contributed by atoms with Crippen LogP contribution in [0.15, 0.2) is 36.4 Å². The number of ether oxygens (including phenoxy) is 1. The number of hydrogen-bond acceptors (Lipinski definition) is 3. The number of carbonyl (C=O) groups excluding carboxylic acids is 2. The highest BCUT2D eigenvalue weighted by Crippen LogP contribution is 2.29. The molecule has 2 aromatic rings. The predicted molar refractivity (Wildman–Crippen MR) is 132 cm³/mol. The van der Waals surface area contributed by atoms with Crippen molar-refractivity contribution in [2.75, 3.05) is 38.2 Å². The van der Waals surface area contributed by atoms with Gasteiger partial charge in [-0.25, -0.2) is 22.8 Å². The molecule has 0 spiro atoms. The maximum atomic E-state index is 14.0. The van der Waals surface area contributed by atoms with Crippen LogP contribution in [0, 0.1) is 23.4 Å². The molecule has 3 aliphatic heterocycles. The van der Waals surface area contributed by atoms with Crippen LogP contribution in [0.5, 0.6) is 0 Å². The largest absolute Gasteiger partial charge is 0.381 e. The lowest BCUT2D eigenvalue weighted by molar-refractivity contribution is 0.0664. The van der Waals surface area contributed by atoms with Gasteiger partial charge in [-0.2, -0.15) is 0 Å². The van der Waals surface area contributed by atoms with Gasteiger partial charge in [0, 0.05) is 50.6 Å². The Morgan fingerprint density at radius 3 is 2.43 bits per heavy atom. The van der Waals surface area contributed by atoms with Gasteiger partial charge in [-0.3, -0.25) is 0 Å². The number of nitrogens with zero attached hydrogens (tertiary/aromatic N) is 2. The number of carbonyl (C=O) groups is 2. The number of nitrogens with one attached hydrogen (secondary N) is 2. The first-order valence-corrected chi connectivity index (χ1v) is 12.5. The average Bonchev–Trinajstić information content (AvgIpc) is 3.36. The molecule has 0 atom stereocenters. The van der Waals surface area contributed by atoms with Crippen molar-refractivity contribution in [1.29, 1.82) is 0 Å². The van der Waals surface area contributed by atoms with E-state index in [1.807, 2.05) is 18.2 Å². The summed E-state index contributed by atoms with van der Waals surface area (Å²) in [4.78, 5) is 28.3. The molecule has 0 unspecified atom stereocenters. The molecule has 0 radical (unpaired) electrons. The molecule has 2 N–H and O–H groups in total. The molecule has 3 heterocycles.